The molecule has 9 heteroatoms. The van der Waals surface area contributed by atoms with E-state index in [2.05, 4.69) is 39.0 Å². The van der Waals surface area contributed by atoms with Gasteiger partial charge in [-0.1, -0.05) is 11.3 Å². The Kier molecular flexibility index (Phi) is 6.68. The first-order valence-corrected chi connectivity index (χ1v) is 10.7. The lowest BCUT2D eigenvalue weighted by molar-refractivity contribution is 0.0980. The second kappa shape index (κ2) is 9.99. The Morgan fingerprint density at radius 3 is 2.45 bits per heavy atom. The maximum absolute atomic E-state index is 13.5. The third kappa shape index (κ3) is 5.03. The predicted octanol–water partition coefficient (Wildman–Crippen LogP) is 3.89. The summed E-state index contributed by atoms with van der Waals surface area (Å²) in [6.07, 6.45) is 6.59. The highest BCUT2D eigenvalue weighted by atomic mass is 19.1. The van der Waals surface area contributed by atoms with Crippen LogP contribution in [0.1, 0.15) is 29.9 Å². The van der Waals surface area contributed by atoms with Crippen molar-refractivity contribution >= 4 is 17.4 Å². The van der Waals surface area contributed by atoms with Crippen LogP contribution in [0.15, 0.2) is 73.3 Å². The average Bonchev–Trinajstić information content (AvgIpc) is 3.35. The number of carbonyl (C=O) groups excluding carboxylic acids is 1. The maximum atomic E-state index is 13.5. The fourth-order valence-electron chi connectivity index (χ4n) is 3.44. The Labute approximate surface area is 191 Å². The summed E-state index contributed by atoms with van der Waals surface area (Å²) in [6, 6.07) is 13.3. The van der Waals surface area contributed by atoms with Crippen LogP contribution in [-0.4, -0.2) is 44.0 Å². The summed E-state index contributed by atoms with van der Waals surface area (Å²) in [6.45, 7) is 6.11. The highest BCUT2D eigenvalue weighted by molar-refractivity contribution is 6.04. The minimum atomic E-state index is -0.376. The first kappa shape index (κ1) is 22.1. The van der Waals surface area contributed by atoms with E-state index in [1.54, 1.807) is 43.0 Å². The van der Waals surface area contributed by atoms with Crippen LogP contribution < -0.4 is 9.80 Å². The second-order valence-electron chi connectivity index (χ2n) is 7.32. The van der Waals surface area contributed by atoms with Crippen molar-refractivity contribution < 1.29 is 9.18 Å². The van der Waals surface area contributed by atoms with Crippen LogP contribution >= 0.6 is 0 Å². The van der Waals surface area contributed by atoms with E-state index in [-0.39, 0.29) is 24.0 Å². The molecule has 0 fully saturated rings. The Morgan fingerprint density at radius 2 is 1.82 bits per heavy atom. The lowest BCUT2D eigenvalue weighted by atomic mass is 10.2. The molecule has 1 aromatic carbocycles. The van der Waals surface area contributed by atoms with Gasteiger partial charge in [0, 0.05) is 31.2 Å². The molecule has 0 N–H and O–H groups in total. The van der Waals surface area contributed by atoms with E-state index in [1.165, 1.54) is 21.7 Å². The lowest BCUT2D eigenvalue weighted by Gasteiger charge is -2.23. The van der Waals surface area contributed by atoms with Gasteiger partial charge in [0.2, 0.25) is 0 Å². The normalized spacial score (nSPS) is 10.8. The number of amides is 1. The Bertz CT molecular complexity index is 1190. The van der Waals surface area contributed by atoms with Crippen molar-refractivity contribution in [3.63, 3.8) is 0 Å². The van der Waals surface area contributed by atoms with Gasteiger partial charge >= 0.3 is 0 Å². The van der Waals surface area contributed by atoms with E-state index in [4.69, 9.17) is 0 Å². The van der Waals surface area contributed by atoms with Gasteiger partial charge in [0.05, 0.1) is 24.6 Å². The van der Waals surface area contributed by atoms with Crippen LogP contribution in [0.25, 0.3) is 5.69 Å². The number of carbonyl (C=O) groups is 1. The number of benzene rings is 1. The number of pyridine rings is 2. The van der Waals surface area contributed by atoms with E-state index in [0.29, 0.717) is 11.4 Å². The summed E-state index contributed by atoms with van der Waals surface area (Å²) in [5.41, 5.74) is 2.23. The van der Waals surface area contributed by atoms with Gasteiger partial charge in [-0.05, 0) is 61.9 Å². The van der Waals surface area contributed by atoms with Crippen LogP contribution in [0.5, 0.6) is 0 Å². The van der Waals surface area contributed by atoms with Crippen LogP contribution in [0, 0.1) is 5.82 Å². The number of aromatic nitrogens is 5. The standard InChI is InChI=1S/C24H24FN7O/c1-3-30(4-2)23-12-7-18(14-27-23)16-31(20-10-8-19(25)9-11-20)24(33)22-17-32(29-28-22)21-6-5-13-26-15-21/h5-15,17H,3-4,16H2,1-2H3. The van der Waals surface area contributed by atoms with Gasteiger partial charge in [-0.2, -0.15) is 0 Å². The van der Waals surface area contributed by atoms with Gasteiger partial charge in [0.15, 0.2) is 5.69 Å². The van der Waals surface area contributed by atoms with Crippen LogP contribution in [0.4, 0.5) is 15.9 Å². The largest absolute Gasteiger partial charge is 0.357 e. The van der Waals surface area contributed by atoms with Gasteiger partial charge in [0.1, 0.15) is 11.6 Å². The molecule has 4 rings (SSSR count). The lowest BCUT2D eigenvalue weighted by Crippen LogP contribution is -2.31. The molecule has 8 nitrogen and oxygen atoms in total. The van der Waals surface area contributed by atoms with Gasteiger partial charge in [-0.15, -0.1) is 5.10 Å². The monoisotopic (exact) mass is 445 g/mol. The van der Waals surface area contributed by atoms with E-state index >= 15 is 0 Å². The van der Waals surface area contributed by atoms with Gasteiger partial charge in [-0.25, -0.2) is 14.1 Å². The fourth-order valence-corrected chi connectivity index (χ4v) is 3.44. The molecule has 0 radical (unpaired) electrons. The molecule has 0 aliphatic carbocycles. The summed E-state index contributed by atoms with van der Waals surface area (Å²) in [7, 11) is 0. The summed E-state index contributed by atoms with van der Waals surface area (Å²) >= 11 is 0. The molecule has 0 unspecified atom stereocenters. The SMILES string of the molecule is CCN(CC)c1ccc(CN(C(=O)c2cn(-c3cccnc3)nn2)c2ccc(F)cc2)cn1. The van der Waals surface area contributed by atoms with Crippen molar-refractivity contribution in [3.05, 3.63) is 90.4 Å². The molecule has 1 amide bonds. The van der Waals surface area contributed by atoms with Gasteiger partial charge < -0.3 is 9.80 Å². The number of halogens is 1. The third-order valence-corrected chi connectivity index (χ3v) is 5.24. The molecule has 0 bridgehead atoms. The summed E-state index contributed by atoms with van der Waals surface area (Å²) in [5, 5.41) is 8.11. The molecule has 3 heterocycles. The second-order valence-corrected chi connectivity index (χ2v) is 7.32. The van der Waals surface area contributed by atoms with E-state index < -0.39 is 0 Å². The van der Waals surface area contributed by atoms with Crippen molar-refractivity contribution in [2.24, 2.45) is 0 Å². The summed E-state index contributed by atoms with van der Waals surface area (Å²) in [5.74, 6) is 0.145. The molecule has 0 spiro atoms. The summed E-state index contributed by atoms with van der Waals surface area (Å²) < 4.78 is 15.0. The molecule has 0 aliphatic heterocycles. The molecule has 33 heavy (non-hydrogen) atoms. The molecule has 168 valence electrons. The van der Waals surface area contributed by atoms with Crippen molar-refractivity contribution in [2.75, 3.05) is 22.9 Å². The zero-order valence-corrected chi connectivity index (χ0v) is 18.5. The summed E-state index contributed by atoms with van der Waals surface area (Å²) in [4.78, 5) is 25.7. The van der Waals surface area contributed by atoms with Crippen LogP contribution in [0.2, 0.25) is 0 Å². The number of hydrogen-bond donors (Lipinski definition) is 0. The molecule has 0 atom stereocenters. The van der Waals surface area contributed by atoms with E-state index in [1.807, 2.05) is 18.2 Å². The zero-order valence-electron chi connectivity index (χ0n) is 18.5. The molecule has 0 saturated carbocycles. The van der Waals surface area contributed by atoms with Gasteiger partial charge in [-0.3, -0.25) is 9.78 Å². The highest BCUT2D eigenvalue weighted by Crippen LogP contribution is 2.21. The van der Waals surface area contributed by atoms with E-state index in [0.717, 1.165) is 24.5 Å². The van der Waals surface area contributed by atoms with Crippen LogP contribution in [-0.2, 0) is 6.54 Å². The molecular formula is C24H24FN7O. The van der Waals surface area contributed by atoms with Crippen molar-refractivity contribution in [2.45, 2.75) is 20.4 Å². The Balaban J connectivity index is 1.62. The topological polar surface area (TPSA) is 80.0 Å². The molecule has 4 aromatic rings. The Hall–Kier alpha value is -4.14. The number of nitrogens with zero attached hydrogens (tertiary/aromatic N) is 7. The van der Waals surface area contributed by atoms with Gasteiger partial charge in [0.25, 0.3) is 5.91 Å². The smallest absolute Gasteiger partial charge is 0.280 e. The first-order valence-electron chi connectivity index (χ1n) is 10.7. The number of hydrogen-bond acceptors (Lipinski definition) is 6. The van der Waals surface area contributed by atoms with Crippen LogP contribution in [0.3, 0.4) is 0 Å². The highest BCUT2D eigenvalue weighted by Gasteiger charge is 2.22. The molecular weight excluding hydrogens is 421 g/mol. The minimum absolute atomic E-state index is 0.163. The molecule has 3 aromatic heterocycles. The third-order valence-electron chi connectivity index (χ3n) is 5.24. The number of rotatable bonds is 8. The van der Waals surface area contributed by atoms with Crippen molar-refractivity contribution in [1.29, 1.82) is 0 Å². The molecule has 0 saturated heterocycles. The fraction of sp³-hybridized carbons (Fsp3) is 0.208. The molecule has 0 aliphatic rings. The minimum Gasteiger partial charge on any atom is -0.357 e. The van der Waals surface area contributed by atoms with Crippen molar-refractivity contribution in [1.82, 2.24) is 25.0 Å². The quantitative estimate of drug-likeness (QED) is 0.409. The Morgan fingerprint density at radius 1 is 1.03 bits per heavy atom. The predicted molar refractivity (Wildman–Crippen MR) is 124 cm³/mol. The van der Waals surface area contributed by atoms with Crippen molar-refractivity contribution in [3.8, 4) is 5.69 Å². The zero-order chi connectivity index (χ0) is 23.2. The maximum Gasteiger partial charge on any atom is 0.280 e. The van der Waals surface area contributed by atoms with E-state index in [9.17, 15) is 9.18 Å². The average molecular weight is 446 g/mol. The first-order chi connectivity index (χ1) is 16.1. The number of anilines is 2.